The molecular weight excluding hydrogens is 352 g/mol. The van der Waals surface area contributed by atoms with Gasteiger partial charge in [-0.2, -0.15) is 0 Å². The zero-order valence-electron chi connectivity index (χ0n) is 8.80. The molecule has 0 bridgehead atoms. The lowest BCUT2D eigenvalue weighted by Gasteiger charge is -2.04. The summed E-state index contributed by atoms with van der Waals surface area (Å²) in [6.45, 7) is 1.43. The van der Waals surface area contributed by atoms with E-state index >= 15 is 0 Å². The average Bonchev–Trinajstić information content (AvgIpc) is 2.43. The maximum absolute atomic E-state index is 11.8. The molecule has 6 nitrogen and oxygen atoms in total. The monoisotopic (exact) mass is 362 g/mol. The first-order valence-corrected chi connectivity index (χ1v) is 9.19. The first-order valence-electron chi connectivity index (χ1n) is 4.38. The molecule has 10 heteroatoms. The van der Waals surface area contributed by atoms with Crippen molar-refractivity contribution in [1.29, 1.82) is 0 Å². The van der Waals surface area contributed by atoms with Gasteiger partial charge in [0.05, 0.1) is 14.4 Å². The van der Waals surface area contributed by atoms with E-state index in [0.29, 0.717) is 8.66 Å². The van der Waals surface area contributed by atoms with Crippen LogP contribution in [0.4, 0.5) is 0 Å². The fourth-order valence-electron chi connectivity index (χ4n) is 1.09. The van der Waals surface area contributed by atoms with Gasteiger partial charge in [0.2, 0.25) is 20.0 Å². The van der Waals surface area contributed by atoms with Crippen LogP contribution in [0.2, 0.25) is 0 Å². The molecule has 1 aromatic rings. The fourth-order valence-corrected chi connectivity index (χ4v) is 5.05. The van der Waals surface area contributed by atoms with Gasteiger partial charge in [-0.25, -0.2) is 26.7 Å². The molecule has 98 valence electrons. The van der Waals surface area contributed by atoms with E-state index in [1.54, 1.807) is 6.92 Å². The van der Waals surface area contributed by atoms with Crippen molar-refractivity contribution in [1.82, 2.24) is 4.72 Å². The summed E-state index contributed by atoms with van der Waals surface area (Å²) in [7, 11) is -7.35. The van der Waals surface area contributed by atoms with Gasteiger partial charge < -0.3 is 0 Å². The Bertz CT molecular complexity index is 605. The summed E-state index contributed by atoms with van der Waals surface area (Å²) >= 11 is 4.48. The van der Waals surface area contributed by atoms with Crippen LogP contribution in [0.1, 0.15) is 4.88 Å². The second kappa shape index (κ2) is 5.33. The van der Waals surface area contributed by atoms with Crippen molar-refractivity contribution < 1.29 is 16.8 Å². The molecule has 0 aliphatic heterocycles. The third-order valence-electron chi connectivity index (χ3n) is 1.81. The van der Waals surface area contributed by atoms with Gasteiger partial charge in [0, 0.05) is 11.4 Å². The number of nitrogens with two attached hydrogens (primary N) is 1. The van der Waals surface area contributed by atoms with E-state index in [1.165, 1.54) is 17.4 Å². The van der Waals surface area contributed by atoms with E-state index in [0.717, 1.165) is 0 Å². The number of hydrogen-bond acceptors (Lipinski definition) is 5. The van der Waals surface area contributed by atoms with E-state index in [9.17, 15) is 16.8 Å². The molecule has 0 aliphatic rings. The smallest absolute Gasteiger partial charge is 0.229 e. The normalized spacial score (nSPS) is 12.9. The minimum atomic E-state index is -3.68. The minimum Gasteiger partial charge on any atom is -0.229 e. The highest BCUT2D eigenvalue weighted by molar-refractivity contribution is 9.11. The number of primary sulfonamides is 1. The molecule has 0 spiro atoms. The van der Waals surface area contributed by atoms with Crippen molar-refractivity contribution >= 4 is 47.3 Å². The molecule has 0 aliphatic carbocycles. The first kappa shape index (κ1) is 15.1. The van der Waals surface area contributed by atoms with Crippen molar-refractivity contribution in [2.45, 2.75) is 11.8 Å². The molecular formula is C7H11BrN2O4S3. The Kier molecular flexibility index (Phi) is 4.72. The molecule has 17 heavy (non-hydrogen) atoms. The topological polar surface area (TPSA) is 106 Å². The highest BCUT2D eigenvalue weighted by Crippen LogP contribution is 2.29. The summed E-state index contributed by atoms with van der Waals surface area (Å²) in [6.07, 6.45) is 0. The molecule has 0 unspecified atom stereocenters. The highest BCUT2D eigenvalue weighted by Gasteiger charge is 2.19. The van der Waals surface area contributed by atoms with Gasteiger partial charge in [-0.15, -0.1) is 11.3 Å². The van der Waals surface area contributed by atoms with E-state index in [4.69, 9.17) is 5.14 Å². The van der Waals surface area contributed by atoms with Gasteiger partial charge in [0.25, 0.3) is 0 Å². The molecule has 1 rings (SSSR count). The number of hydrogen-bond donors (Lipinski definition) is 2. The molecule has 1 heterocycles. The fraction of sp³-hybridized carbons (Fsp3) is 0.429. The first-order chi connectivity index (χ1) is 7.62. The van der Waals surface area contributed by atoms with Gasteiger partial charge in [0.1, 0.15) is 0 Å². The second-order valence-electron chi connectivity index (χ2n) is 3.24. The van der Waals surface area contributed by atoms with Crippen molar-refractivity contribution in [2.75, 3.05) is 12.3 Å². The van der Waals surface area contributed by atoms with Gasteiger partial charge >= 0.3 is 0 Å². The predicted molar refractivity (Wildman–Crippen MR) is 69.9 cm³/mol. The number of thiophene rings is 1. The molecule has 0 aromatic carbocycles. The van der Waals surface area contributed by atoms with Gasteiger partial charge in [-0.05, 0) is 28.9 Å². The second-order valence-corrected chi connectivity index (χ2v) is 9.34. The lowest BCUT2D eigenvalue weighted by molar-refractivity contribution is 0.581. The maximum Gasteiger partial charge on any atom is 0.241 e. The van der Waals surface area contributed by atoms with Crippen molar-refractivity contribution in [2.24, 2.45) is 5.14 Å². The Balaban J connectivity index is 2.80. The molecule has 0 amide bonds. The van der Waals surface area contributed by atoms with Crippen LogP contribution in [0.25, 0.3) is 0 Å². The Labute approximate surface area is 112 Å². The Morgan fingerprint density at radius 1 is 1.41 bits per heavy atom. The Morgan fingerprint density at radius 2 is 2.00 bits per heavy atom. The summed E-state index contributed by atoms with van der Waals surface area (Å²) in [5.74, 6) is -0.434. The van der Waals surface area contributed by atoms with Gasteiger partial charge in [0.15, 0.2) is 0 Å². The molecule has 3 N–H and O–H groups in total. The standard InChI is InChI=1S/C7H11BrN2O4S3/c1-5-6(4-7(8)15-5)17(13,14)10-2-3-16(9,11)12/h4,10H,2-3H2,1H3,(H2,9,11,12). The quantitative estimate of drug-likeness (QED) is 0.789. The summed E-state index contributed by atoms with van der Waals surface area (Å²) in [5, 5.41) is 4.77. The molecule has 0 radical (unpaired) electrons. The zero-order chi connectivity index (χ0) is 13.3. The van der Waals surface area contributed by atoms with Crippen molar-refractivity contribution in [3.8, 4) is 0 Å². The van der Waals surface area contributed by atoms with E-state index in [1.807, 2.05) is 0 Å². The molecule has 0 saturated heterocycles. The largest absolute Gasteiger partial charge is 0.241 e. The predicted octanol–water partition coefficient (Wildman–Crippen LogP) is 0.386. The summed E-state index contributed by atoms with van der Waals surface area (Å²) in [6, 6.07) is 1.47. The summed E-state index contributed by atoms with van der Waals surface area (Å²) in [5.41, 5.74) is 0. The molecule has 0 atom stereocenters. The van der Waals surface area contributed by atoms with Crippen molar-refractivity contribution in [3.63, 3.8) is 0 Å². The number of halogens is 1. The van der Waals surface area contributed by atoms with E-state index in [2.05, 4.69) is 20.7 Å². The van der Waals surface area contributed by atoms with Crippen molar-refractivity contribution in [3.05, 3.63) is 14.7 Å². The highest BCUT2D eigenvalue weighted by atomic mass is 79.9. The van der Waals surface area contributed by atoms with E-state index in [-0.39, 0.29) is 11.4 Å². The molecule has 0 saturated carbocycles. The summed E-state index contributed by atoms with van der Waals surface area (Å²) in [4.78, 5) is 0.767. The maximum atomic E-state index is 11.8. The lowest BCUT2D eigenvalue weighted by atomic mass is 10.5. The van der Waals surface area contributed by atoms with Crippen LogP contribution in [-0.2, 0) is 20.0 Å². The van der Waals surface area contributed by atoms with Crippen LogP contribution in [0.5, 0.6) is 0 Å². The van der Waals surface area contributed by atoms with Gasteiger partial charge in [-0.3, -0.25) is 0 Å². The Morgan fingerprint density at radius 3 is 2.41 bits per heavy atom. The minimum absolute atomic E-state index is 0.142. The Hall–Kier alpha value is -0.000000000000000167. The molecule has 1 aromatic heterocycles. The zero-order valence-corrected chi connectivity index (χ0v) is 12.8. The number of nitrogens with one attached hydrogen (secondary N) is 1. The summed E-state index contributed by atoms with van der Waals surface area (Å²) < 4.78 is 47.8. The van der Waals surface area contributed by atoms with Crippen LogP contribution < -0.4 is 9.86 Å². The number of aryl methyl sites for hydroxylation is 1. The van der Waals surface area contributed by atoms with Crippen LogP contribution in [-0.4, -0.2) is 29.1 Å². The lowest BCUT2D eigenvalue weighted by Crippen LogP contribution is -2.31. The third-order valence-corrected chi connectivity index (χ3v) is 5.85. The van der Waals surface area contributed by atoms with Crippen LogP contribution in [0.15, 0.2) is 14.7 Å². The van der Waals surface area contributed by atoms with Crippen LogP contribution in [0, 0.1) is 6.92 Å². The SMILES string of the molecule is Cc1sc(Br)cc1S(=O)(=O)NCCS(N)(=O)=O. The number of rotatable bonds is 5. The third kappa shape index (κ3) is 4.64. The molecule has 0 fully saturated rings. The van der Waals surface area contributed by atoms with Crippen LogP contribution >= 0.6 is 27.3 Å². The van der Waals surface area contributed by atoms with E-state index < -0.39 is 25.8 Å². The van der Waals surface area contributed by atoms with Crippen LogP contribution in [0.3, 0.4) is 0 Å². The van der Waals surface area contributed by atoms with Gasteiger partial charge in [-0.1, -0.05) is 0 Å². The number of sulfonamides is 2. The average molecular weight is 363 g/mol.